The molecule has 0 aliphatic heterocycles. The van der Waals surface area contributed by atoms with E-state index < -0.39 is 11.7 Å². The van der Waals surface area contributed by atoms with E-state index in [9.17, 15) is 13.2 Å². The normalized spacial score (nSPS) is 12.5. The molecule has 0 aliphatic carbocycles. The van der Waals surface area contributed by atoms with E-state index in [-0.39, 0.29) is 5.92 Å². The van der Waals surface area contributed by atoms with Crippen molar-refractivity contribution in [3.05, 3.63) is 21.4 Å². The summed E-state index contributed by atoms with van der Waals surface area (Å²) in [4.78, 5) is 0.826. The molecule has 0 radical (unpaired) electrons. The molecule has 0 nitrogen and oxygen atoms in total. The van der Waals surface area contributed by atoms with E-state index in [1.54, 1.807) is 0 Å². The molecule has 0 N–H and O–H groups in total. The molecule has 74 valence electrons. The van der Waals surface area contributed by atoms with Crippen LogP contribution in [0.3, 0.4) is 0 Å². The lowest BCUT2D eigenvalue weighted by Gasteiger charge is -2.07. The first-order valence-corrected chi connectivity index (χ1v) is 4.87. The minimum atomic E-state index is -4.20. The van der Waals surface area contributed by atoms with E-state index in [0.29, 0.717) is 5.56 Å². The Morgan fingerprint density at radius 2 is 1.85 bits per heavy atom. The Kier molecular flexibility index (Phi) is 2.71. The third kappa shape index (κ3) is 2.05. The number of hydrogen-bond acceptors (Lipinski definition) is 1. The largest absolute Gasteiger partial charge is 0.417 e. The van der Waals surface area contributed by atoms with Crippen molar-refractivity contribution in [1.82, 2.24) is 0 Å². The predicted octanol–water partition coefficient (Wildman–Crippen LogP) is 4.20. The lowest BCUT2D eigenvalue weighted by Crippen LogP contribution is -2.05. The van der Waals surface area contributed by atoms with Crippen molar-refractivity contribution in [2.45, 2.75) is 32.9 Å². The molecule has 0 saturated heterocycles. The highest BCUT2D eigenvalue weighted by molar-refractivity contribution is 7.10. The van der Waals surface area contributed by atoms with Gasteiger partial charge < -0.3 is 0 Å². The average Bonchev–Trinajstić information content (AvgIpc) is 2.28. The topological polar surface area (TPSA) is 0 Å². The van der Waals surface area contributed by atoms with Crippen molar-refractivity contribution >= 4 is 11.3 Å². The molecule has 0 bridgehead atoms. The lowest BCUT2D eigenvalue weighted by molar-refractivity contribution is -0.137. The first-order valence-electron chi connectivity index (χ1n) is 3.99. The Balaban J connectivity index is 3.14. The van der Waals surface area contributed by atoms with Crippen LogP contribution in [0, 0.1) is 6.92 Å². The number of thiophene rings is 1. The van der Waals surface area contributed by atoms with E-state index in [1.165, 1.54) is 23.6 Å². The van der Waals surface area contributed by atoms with Crippen molar-refractivity contribution in [3.8, 4) is 0 Å². The summed E-state index contributed by atoms with van der Waals surface area (Å²) >= 11 is 1.19. The summed E-state index contributed by atoms with van der Waals surface area (Å²) in [6.07, 6.45) is -4.20. The fourth-order valence-electron chi connectivity index (χ4n) is 1.28. The van der Waals surface area contributed by atoms with Gasteiger partial charge in [0.25, 0.3) is 0 Å². The molecular formula is C9H11F3S. The molecule has 0 aromatic carbocycles. The molecule has 0 aliphatic rings. The van der Waals surface area contributed by atoms with Crippen LogP contribution in [-0.4, -0.2) is 0 Å². The molecule has 13 heavy (non-hydrogen) atoms. The quantitative estimate of drug-likeness (QED) is 0.648. The van der Waals surface area contributed by atoms with Gasteiger partial charge in [-0.3, -0.25) is 0 Å². The first-order chi connectivity index (χ1) is 5.84. The van der Waals surface area contributed by atoms with Crippen LogP contribution in [0.25, 0.3) is 0 Å². The Morgan fingerprint density at radius 1 is 1.31 bits per heavy atom. The van der Waals surface area contributed by atoms with Gasteiger partial charge in [-0.05, 0) is 18.4 Å². The lowest BCUT2D eigenvalue weighted by atomic mass is 10.1. The molecule has 4 heteroatoms. The van der Waals surface area contributed by atoms with Gasteiger partial charge in [0, 0.05) is 10.3 Å². The number of hydrogen-bond donors (Lipinski definition) is 0. The van der Waals surface area contributed by atoms with Gasteiger partial charge >= 0.3 is 6.18 Å². The monoisotopic (exact) mass is 208 g/mol. The van der Waals surface area contributed by atoms with Crippen LogP contribution in [0.4, 0.5) is 13.2 Å². The smallest absolute Gasteiger partial charge is 0.166 e. The Bertz CT molecular complexity index is 296. The molecular weight excluding hydrogens is 197 g/mol. The van der Waals surface area contributed by atoms with Crippen molar-refractivity contribution < 1.29 is 13.2 Å². The second-order valence-corrected chi connectivity index (χ2v) is 4.20. The number of halogens is 3. The van der Waals surface area contributed by atoms with Gasteiger partial charge in [0.05, 0.1) is 5.56 Å². The van der Waals surface area contributed by atoms with Crippen molar-refractivity contribution in [3.63, 3.8) is 0 Å². The second-order valence-electron chi connectivity index (χ2n) is 3.29. The van der Waals surface area contributed by atoms with E-state index in [4.69, 9.17) is 0 Å². The summed E-state index contributed by atoms with van der Waals surface area (Å²) in [5.74, 6) is 0.168. The summed E-state index contributed by atoms with van der Waals surface area (Å²) in [5.41, 5.74) is -0.103. The highest BCUT2D eigenvalue weighted by Gasteiger charge is 2.34. The molecule has 0 unspecified atom stereocenters. The molecule has 1 heterocycles. The minimum Gasteiger partial charge on any atom is -0.166 e. The molecule has 0 amide bonds. The molecule has 1 aromatic heterocycles. The third-order valence-electron chi connectivity index (χ3n) is 1.91. The molecule has 1 rings (SSSR count). The molecule has 0 fully saturated rings. The average molecular weight is 208 g/mol. The van der Waals surface area contributed by atoms with E-state index in [2.05, 4.69) is 0 Å². The Morgan fingerprint density at radius 3 is 2.08 bits per heavy atom. The molecule has 0 atom stereocenters. The summed E-state index contributed by atoms with van der Waals surface area (Å²) in [6, 6.07) is 0. The fraction of sp³-hybridized carbons (Fsp3) is 0.556. The van der Waals surface area contributed by atoms with Gasteiger partial charge in [-0.2, -0.15) is 13.2 Å². The van der Waals surface area contributed by atoms with Gasteiger partial charge in [0.15, 0.2) is 0 Å². The van der Waals surface area contributed by atoms with Gasteiger partial charge in [-0.15, -0.1) is 11.3 Å². The minimum absolute atomic E-state index is 0.168. The van der Waals surface area contributed by atoms with Crippen LogP contribution in [0.5, 0.6) is 0 Å². The zero-order valence-electron chi connectivity index (χ0n) is 7.70. The summed E-state index contributed by atoms with van der Waals surface area (Å²) in [5, 5.41) is 1.20. The standard InChI is InChI=1S/C9H11F3S/c1-5(2)8-6(3)7(4-13-8)9(10,11)12/h4-5H,1-3H3. The van der Waals surface area contributed by atoms with Gasteiger partial charge in [0.2, 0.25) is 0 Å². The van der Waals surface area contributed by atoms with Gasteiger partial charge in [-0.1, -0.05) is 13.8 Å². The van der Waals surface area contributed by atoms with E-state index in [0.717, 1.165) is 4.88 Å². The van der Waals surface area contributed by atoms with Crippen LogP contribution in [0.1, 0.15) is 35.8 Å². The zero-order valence-corrected chi connectivity index (χ0v) is 8.51. The van der Waals surface area contributed by atoms with E-state index >= 15 is 0 Å². The van der Waals surface area contributed by atoms with E-state index in [1.807, 2.05) is 13.8 Å². The fourth-order valence-corrected chi connectivity index (χ4v) is 2.39. The maximum atomic E-state index is 12.3. The highest BCUT2D eigenvalue weighted by atomic mass is 32.1. The van der Waals surface area contributed by atoms with Crippen molar-refractivity contribution in [2.75, 3.05) is 0 Å². The van der Waals surface area contributed by atoms with Crippen LogP contribution in [0.15, 0.2) is 5.38 Å². The molecule has 1 aromatic rings. The molecule has 0 saturated carbocycles. The second kappa shape index (κ2) is 3.33. The van der Waals surface area contributed by atoms with Crippen molar-refractivity contribution in [2.24, 2.45) is 0 Å². The predicted molar refractivity (Wildman–Crippen MR) is 48.1 cm³/mol. The maximum absolute atomic E-state index is 12.3. The maximum Gasteiger partial charge on any atom is 0.417 e. The Labute approximate surface area is 79.4 Å². The summed E-state index contributed by atoms with van der Waals surface area (Å²) in [6.45, 7) is 5.34. The van der Waals surface area contributed by atoms with Crippen LogP contribution >= 0.6 is 11.3 Å². The highest BCUT2D eigenvalue weighted by Crippen LogP contribution is 2.38. The summed E-state index contributed by atoms with van der Waals surface area (Å²) in [7, 11) is 0. The Hall–Kier alpha value is -0.510. The van der Waals surface area contributed by atoms with Crippen LogP contribution < -0.4 is 0 Å². The van der Waals surface area contributed by atoms with Crippen LogP contribution in [-0.2, 0) is 6.18 Å². The number of alkyl halides is 3. The third-order valence-corrected chi connectivity index (χ3v) is 3.29. The zero-order chi connectivity index (χ0) is 10.2. The van der Waals surface area contributed by atoms with Crippen LogP contribution in [0.2, 0.25) is 0 Å². The first kappa shape index (κ1) is 10.6. The van der Waals surface area contributed by atoms with Gasteiger partial charge in [-0.25, -0.2) is 0 Å². The van der Waals surface area contributed by atoms with Gasteiger partial charge in [0.1, 0.15) is 0 Å². The number of rotatable bonds is 1. The SMILES string of the molecule is Cc1c(C(F)(F)F)csc1C(C)C. The molecule has 0 spiro atoms. The van der Waals surface area contributed by atoms with Crippen molar-refractivity contribution in [1.29, 1.82) is 0 Å². The summed E-state index contributed by atoms with van der Waals surface area (Å²) < 4.78 is 37.0.